The molecule has 33 heavy (non-hydrogen) atoms. The van der Waals surface area contributed by atoms with Crippen molar-refractivity contribution in [1.82, 2.24) is 0 Å². The van der Waals surface area contributed by atoms with Crippen molar-refractivity contribution in [2.75, 3.05) is 9.91 Å². The van der Waals surface area contributed by atoms with E-state index >= 15 is 0 Å². The van der Waals surface area contributed by atoms with Gasteiger partial charge in [-0.2, -0.15) is 5.10 Å². The van der Waals surface area contributed by atoms with Crippen molar-refractivity contribution in [3.05, 3.63) is 98.5 Å². The number of nitrogens with zero attached hydrogens (tertiary/aromatic N) is 4. The summed E-state index contributed by atoms with van der Waals surface area (Å²) >= 11 is 3.42. The van der Waals surface area contributed by atoms with Crippen LogP contribution in [-0.4, -0.2) is 28.5 Å². The number of non-ortho nitro benzene ring substituents is 1. The van der Waals surface area contributed by atoms with E-state index in [4.69, 9.17) is 5.10 Å². The fraction of sp³-hybridized carbons (Fsp3) is 0.125. The molecule has 0 saturated carbocycles. The lowest BCUT2D eigenvalue weighted by Crippen LogP contribution is -2.39. The Morgan fingerprint density at radius 1 is 0.970 bits per heavy atom. The number of imide groups is 1. The van der Waals surface area contributed by atoms with Crippen LogP contribution in [0.3, 0.4) is 0 Å². The minimum absolute atomic E-state index is 0.0986. The van der Waals surface area contributed by atoms with Gasteiger partial charge >= 0.3 is 0 Å². The second kappa shape index (κ2) is 7.93. The minimum atomic E-state index is -0.840. The zero-order valence-corrected chi connectivity index (χ0v) is 19.0. The van der Waals surface area contributed by atoms with Gasteiger partial charge in [-0.05, 0) is 48.4 Å². The molecular weight excluding hydrogens is 488 g/mol. The van der Waals surface area contributed by atoms with Crippen LogP contribution in [0.2, 0.25) is 0 Å². The van der Waals surface area contributed by atoms with E-state index in [0.29, 0.717) is 22.6 Å². The van der Waals surface area contributed by atoms with Gasteiger partial charge < -0.3 is 0 Å². The molecule has 2 aliphatic heterocycles. The van der Waals surface area contributed by atoms with Crippen LogP contribution in [0.4, 0.5) is 17.1 Å². The van der Waals surface area contributed by atoms with Crippen molar-refractivity contribution in [2.45, 2.75) is 13.0 Å². The molecule has 2 amide bonds. The summed E-state index contributed by atoms with van der Waals surface area (Å²) in [5.41, 5.74) is 2.67. The number of para-hydroxylation sites is 1. The highest BCUT2D eigenvalue weighted by atomic mass is 79.9. The Hall–Kier alpha value is -3.85. The Labute approximate surface area is 197 Å². The number of carbonyl (C=O) groups is 2. The lowest BCUT2D eigenvalue weighted by Gasteiger charge is -2.22. The molecule has 9 heteroatoms. The summed E-state index contributed by atoms with van der Waals surface area (Å²) in [6, 6.07) is 19.9. The molecule has 164 valence electrons. The van der Waals surface area contributed by atoms with Gasteiger partial charge in [-0.1, -0.05) is 46.3 Å². The Balaban J connectivity index is 1.62. The molecule has 0 aromatic heterocycles. The number of halogens is 1. The van der Waals surface area contributed by atoms with Crippen LogP contribution < -0.4 is 9.91 Å². The quantitative estimate of drug-likeness (QED) is 0.297. The molecule has 0 bridgehead atoms. The summed E-state index contributed by atoms with van der Waals surface area (Å²) in [5.74, 6) is -1.61. The first-order valence-electron chi connectivity index (χ1n) is 10.2. The van der Waals surface area contributed by atoms with Crippen LogP contribution in [0.5, 0.6) is 0 Å². The first-order chi connectivity index (χ1) is 15.9. The molecule has 0 N–H and O–H groups in total. The fourth-order valence-corrected chi connectivity index (χ4v) is 4.57. The van der Waals surface area contributed by atoms with Crippen LogP contribution in [0.25, 0.3) is 0 Å². The van der Waals surface area contributed by atoms with Crippen molar-refractivity contribution in [2.24, 2.45) is 11.0 Å². The Morgan fingerprint density at radius 3 is 2.30 bits per heavy atom. The molecule has 1 saturated heterocycles. The van der Waals surface area contributed by atoms with E-state index in [-0.39, 0.29) is 5.69 Å². The molecule has 2 aliphatic rings. The molecule has 0 aliphatic carbocycles. The van der Waals surface area contributed by atoms with Gasteiger partial charge in [-0.15, -0.1) is 0 Å². The van der Waals surface area contributed by atoms with E-state index in [0.717, 1.165) is 14.9 Å². The number of carbonyl (C=O) groups excluding carboxylic acids is 2. The molecule has 0 radical (unpaired) electrons. The number of hydrogen-bond donors (Lipinski definition) is 0. The summed E-state index contributed by atoms with van der Waals surface area (Å²) in [6.45, 7) is 1.65. The number of nitro benzene ring substituents is 1. The third kappa shape index (κ3) is 3.41. The number of fused-ring (bicyclic) bond motifs is 1. The maximum atomic E-state index is 13.7. The average molecular weight is 505 g/mol. The number of aryl methyl sites for hydroxylation is 1. The van der Waals surface area contributed by atoms with Crippen molar-refractivity contribution in [1.29, 1.82) is 0 Å². The summed E-state index contributed by atoms with van der Waals surface area (Å²) in [6.07, 6.45) is 0. The largest absolute Gasteiger partial charge is 0.273 e. The van der Waals surface area contributed by atoms with Crippen LogP contribution >= 0.6 is 15.9 Å². The van der Waals surface area contributed by atoms with Crippen molar-refractivity contribution < 1.29 is 14.5 Å². The van der Waals surface area contributed by atoms with E-state index in [1.807, 2.05) is 54.6 Å². The zero-order valence-electron chi connectivity index (χ0n) is 17.4. The second-order valence-corrected chi connectivity index (χ2v) is 8.75. The first kappa shape index (κ1) is 21.0. The highest BCUT2D eigenvalue weighted by molar-refractivity contribution is 9.10. The second-order valence-electron chi connectivity index (χ2n) is 7.83. The number of nitro groups is 1. The molecule has 3 aromatic carbocycles. The van der Waals surface area contributed by atoms with Crippen molar-refractivity contribution in [3.8, 4) is 0 Å². The average Bonchev–Trinajstić information content (AvgIpc) is 3.32. The molecular formula is C24H17BrN4O4. The highest BCUT2D eigenvalue weighted by Gasteiger charge is 2.57. The van der Waals surface area contributed by atoms with Crippen molar-refractivity contribution >= 4 is 50.5 Å². The van der Waals surface area contributed by atoms with Gasteiger partial charge in [0.1, 0.15) is 12.0 Å². The normalized spacial score (nSPS) is 19.6. The minimum Gasteiger partial charge on any atom is -0.273 e. The maximum Gasteiger partial charge on any atom is 0.269 e. The maximum absolute atomic E-state index is 13.7. The van der Waals surface area contributed by atoms with E-state index in [1.54, 1.807) is 11.9 Å². The molecule has 8 nitrogen and oxygen atoms in total. The van der Waals surface area contributed by atoms with Gasteiger partial charge in [0.05, 0.1) is 22.0 Å². The van der Waals surface area contributed by atoms with Gasteiger partial charge in [0.2, 0.25) is 5.91 Å². The molecule has 0 unspecified atom stereocenters. The third-order valence-electron chi connectivity index (χ3n) is 5.84. The number of rotatable bonds is 4. The Morgan fingerprint density at radius 2 is 1.67 bits per heavy atom. The standard InChI is InChI=1S/C24H17BrN4O4/c1-14-13-18(29(32)33)11-12-19(14)27-23(30)20-21(15-7-9-16(25)10-8-15)26-28(22(20)24(27)31)17-5-3-2-4-6-17/h2-13,20,22H,1H3/t20-,22-/m1/s1. The molecule has 3 aromatic rings. The van der Waals surface area contributed by atoms with E-state index in [1.165, 1.54) is 18.2 Å². The van der Waals surface area contributed by atoms with Gasteiger partial charge in [0.25, 0.3) is 11.6 Å². The number of benzene rings is 3. The topological polar surface area (TPSA) is 96.1 Å². The Bertz CT molecular complexity index is 1320. The lowest BCUT2D eigenvalue weighted by atomic mass is 9.93. The smallest absolute Gasteiger partial charge is 0.269 e. The molecule has 2 atom stereocenters. The van der Waals surface area contributed by atoms with Crippen LogP contribution in [0.1, 0.15) is 11.1 Å². The number of hydrazone groups is 1. The van der Waals surface area contributed by atoms with E-state index in [9.17, 15) is 19.7 Å². The monoisotopic (exact) mass is 504 g/mol. The lowest BCUT2D eigenvalue weighted by molar-refractivity contribution is -0.384. The highest BCUT2D eigenvalue weighted by Crippen LogP contribution is 2.40. The van der Waals surface area contributed by atoms with Gasteiger partial charge in [-0.25, -0.2) is 4.90 Å². The van der Waals surface area contributed by atoms with Gasteiger partial charge in [-0.3, -0.25) is 24.7 Å². The SMILES string of the molecule is Cc1cc([N+](=O)[O-])ccc1N1C(=O)[C@@H]2C(c3ccc(Br)cc3)=NN(c3ccccc3)[C@H]2C1=O. The predicted octanol–water partition coefficient (Wildman–Crippen LogP) is 4.45. The predicted molar refractivity (Wildman–Crippen MR) is 127 cm³/mol. The Kier molecular flexibility index (Phi) is 5.05. The van der Waals surface area contributed by atoms with Crippen LogP contribution in [0, 0.1) is 23.0 Å². The number of hydrogen-bond acceptors (Lipinski definition) is 6. The summed E-state index contributed by atoms with van der Waals surface area (Å²) in [4.78, 5) is 39.0. The van der Waals surface area contributed by atoms with Gasteiger partial charge in [0.15, 0.2) is 0 Å². The van der Waals surface area contributed by atoms with E-state index < -0.39 is 28.7 Å². The summed E-state index contributed by atoms with van der Waals surface area (Å²) in [5, 5.41) is 17.4. The molecule has 0 spiro atoms. The third-order valence-corrected chi connectivity index (χ3v) is 6.37. The number of anilines is 2. The van der Waals surface area contributed by atoms with E-state index in [2.05, 4.69) is 15.9 Å². The molecule has 2 heterocycles. The first-order valence-corrected chi connectivity index (χ1v) is 11.0. The summed E-state index contributed by atoms with van der Waals surface area (Å²) in [7, 11) is 0. The molecule has 1 fully saturated rings. The zero-order chi connectivity index (χ0) is 23.3. The molecule has 5 rings (SSSR count). The van der Waals surface area contributed by atoms with Gasteiger partial charge in [0, 0.05) is 16.6 Å². The van der Waals surface area contributed by atoms with Crippen LogP contribution in [-0.2, 0) is 9.59 Å². The number of amides is 2. The van der Waals surface area contributed by atoms with Crippen LogP contribution in [0.15, 0.2) is 82.4 Å². The fourth-order valence-electron chi connectivity index (χ4n) is 4.31. The summed E-state index contributed by atoms with van der Waals surface area (Å²) < 4.78 is 0.887. The van der Waals surface area contributed by atoms with Crippen molar-refractivity contribution in [3.63, 3.8) is 0 Å².